The van der Waals surface area contributed by atoms with Gasteiger partial charge in [0, 0.05) is 5.56 Å². The third-order valence-corrected chi connectivity index (χ3v) is 3.93. The fraction of sp³-hybridized carbons (Fsp3) is 0.0714. The summed E-state index contributed by atoms with van der Waals surface area (Å²) in [5, 5.41) is 3.86. The zero-order valence-electron chi connectivity index (χ0n) is 10.5. The van der Waals surface area contributed by atoms with E-state index in [1.54, 1.807) is 24.3 Å². The average Bonchev–Trinajstić information content (AvgIpc) is 2.42. The number of amides is 1. The summed E-state index contributed by atoms with van der Waals surface area (Å²) in [5.74, 6) is -0.359. The number of hydrogen-bond donors (Lipinski definition) is 2. The monoisotopic (exact) mass is 328 g/mol. The minimum absolute atomic E-state index is 0.334. The average molecular weight is 330 g/mol. The van der Waals surface area contributed by atoms with Gasteiger partial charge in [-0.1, -0.05) is 40.9 Å². The number of carbonyl (C=O) groups excluding carboxylic acids is 1. The molecule has 0 heterocycles. The van der Waals surface area contributed by atoms with Gasteiger partial charge >= 0.3 is 0 Å². The SMILES string of the molecule is Cc1ccc(Cl)c(NC(=O)c2ccc(Cl)c(N)c2)c1Cl. The summed E-state index contributed by atoms with van der Waals surface area (Å²) in [6.07, 6.45) is 0. The van der Waals surface area contributed by atoms with Crippen molar-refractivity contribution in [3.63, 3.8) is 0 Å². The van der Waals surface area contributed by atoms with Gasteiger partial charge in [-0.15, -0.1) is 0 Å². The first-order valence-electron chi connectivity index (χ1n) is 5.71. The Balaban J connectivity index is 2.32. The van der Waals surface area contributed by atoms with Gasteiger partial charge in [-0.25, -0.2) is 0 Å². The molecule has 0 radical (unpaired) electrons. The standard InChI is InChI=1S/C14H11Cl3N2O/c1-7-2-4-10(16)13(12(7)17)19-14(20)8-3-5-9(15)11(18)6-8/h2-6H,18H2,1H3,(H,19,20). The van der Waals surface area contributed by atoms with Crippen LogP contribution < -0.4 is 11.1 Å². The number of nitrogens with one attached hydrogen (secondary N) is 1. The second kappa shape index (κ2) is 5.92. The van der Waals surface area contributed by atoms with E-state index in [0.29, 0.717) is 32.0 Å². The van der Waals surface area contributed by atoms with Gasteiger partial charge in [-0.05, 0) is 36.8 Å². The first-order chi connectivity index (χ1) is 9.40. The fourth-order valence-electron chi connectivity index (χ4n) is 1.64. The highest BCUT2D eigenvalue weighted by molar-refractivity contribution is 6.40. The molecule has 2 aromatic rings. The molecule has 0 saturated heterocycles. The Bertz CT molecular complexity index is 686. The number of benzene rings is 2. The van der Waals surface area contributed by atoms with E-state index in [-0.39, 0.29) is 5.91 Å². The molecule has 0 saturated carbocycles. The van der Waals surface area contributed by atoms with Gasteiger partial charge in [0.15, 0.2) is 0 Å². The lowest BCUT2D eigenvalue weighted by Crippen LogP contribution is -2.13. The van der Waals surface area contributed by atoms with Crippen LogP contribution in [0.4, 0.5) is 11.4 Å². The number of aryl methyl sites for hydroxylation is 1. The second-order valence-electron chi connectivity index (χ2n) is 4.24. The number of halogens is 3. The van der Waals surface area contributed by atoms with Crippen LogP contribution in [0.2, 0.25) is 15.1 Å². The molecule has 2 aromatic carbocycles. The summed E-state index contributed by atoms with van der Waals surface area (Å²) in [4.78, 5) is 12.2. The largest absolute Gasteiger partial charge is 0.398 e. The summed E-state index contributed by atoms with van der Waals surface area (Å²) in [7, 11) is 0. The lowest BCUT2D eigenvalue weighted by molar-refractivity contribution is 0.102. The predicted molar refractivity (Wildman–Crippen MR) is 85.0 cm³/mol. The van der Waals surface area contributed by atoms with E-state index < -0.39 is 0 Å². The van der Waals surface area contributed by atoms with Crippen LogP contribution in [-0.4, -0.2) is 5.91 Å². The van der Waals surface area contributed by atoms with Gasteiger partial charge in [-0.3, -0.25) is 4.79 Å². The Morgan fingerprint density at radius 2 is 1.75 bits per heavy atom. The summed E-state index contributed by atoms with van der Waals surface area (Å²) in [6, 6.07) is 8.08. The fourth-order valence-corrected chi connectivity index (χ4v) is 2.22. The maximum atomic E-state index is 12.2. The Kier molecular flexibility index (Phi) is 4.43. The molecular weight excluding hydrogens is 319 g/mol. The lowest BCUT2D eigenvalue weighted by atomic mass is 10.1. The van der Waals surface area contributed by atoms with Crippen LogP contribution in [-0.2, 0) is 0 Å². The number of carbonyl (C=O) groups is 1. The third-order valence-electron chi connectivity index (χ3n) is 2.78. The molecule has 0 aliphatic carbocycles. The third kappa shape index (κ3) is 3.01. The molecule has 0 aliphatic rings. The van der Waals surface area contributed by atoms with Gasteiger partial charge in [0.1, 0.15) is 0 Å². The topological polar surface area (TPSA) is 55.1 Å². The van der Waals surface area contributed by atoms with E-state index in [0.717, 1.165) is 5.56 Å². The Hall–Kier alpha value is -1.42. The Morgan fingerprint density at radius 1 is 1.10 bits per heavy atom. The number of anilines is 2. The van der Waals surface area contributed by atoms with Crippen LogP contribution in [0.15, 0.2) is 30.3 Å². The van der Waals surface area contributed by atoms with Gasteiger partial charge < -0.3 is 11.1 Å². The smallest absolute Gasteiger partial charge is 0.255 e. The summed E-state index contributed by atoms with van der Waals surface area (Å²) in [5.41, 5.74) is 7.58. The van der Waals surface area contributed by atoms with E-state index in [4.69, 9.17) is 40.5 Å². The number of nitrogens with two attached hydrogens (primary N) is 1. The first kappa shape index (κ1) is 15.0. The van der Waals surface area contributed by atoms with Crippen molar-refractivity contribution in [2.45, 2.75) is 6.92 Å². The van der Waals surface area contributed by atoms with Crippen LogP contribution >= 0.6 is 34.8 Å². The molecular formula is C14H11Cl3N2O. The summed E-state index contributed by atoms with van der Waals surface area (Å²) < 4.78 is 0. The molecule has 0 atom stereocenters. The van der Waals surface area contributed by atoms with Gasteiger partial charge in [0.25, 0.3) is 5.91 Å². The lowest BCUT2D eigenvalue weighted by Gasteiger charge is -2.11. The van der Waals surface area contributed by atoms with E-state index in [2.05, 4.69) is 5.32 Å². The molecule has 1 amide bonds. The number of rotatable bonds is 2. The Morgan fingerprint density at radius 3 is 2.40 bits per heavy atom. The van der Waals surface area contributed by atoms with Gasteiger partial charge in [-0.2, -0.15) is 0 Å². The zero-order valence-corrected chi connectivity index (χ0v) is 12.8. The molecule has 6 heteroatoms. The van der Waals surface area contributed by atoms with E-state index >= 15 is 0 Å². The first-order valence-corrected chi connectivity index (χ1v) is 6.84. The highest BCUT2D eigenvalue weighted by Gasteiger charge is 2.14. The molecule has 0 bridgehead atoms. The summed E-state index contributed by atoms with van der Waals surface area (Å²) >= 11 is 18.0. The van der Waals surface area contributed by atoms with Crippen molar-refractivity contribution in [1.29, 1.82) is 0 Å². The van der Waals surface area contributed by atoms with Gasteiger partial charge in [0.05, 0.1) is 26.4 Å². The molecule has 0 fully saturated rings. The molecule has 3 nitrogen and oxygen atoms in total. The second-order valence-corrected chi connectivity index (χ2v) is 5.44. The van der Waals surface area contributed by atoms with Crippen molar-refractivity contribution >= 4 is 52.1 Å². The van der Waals surface area contributed by atoms with Crippen molar-refractivity contribution in [2.24, 2.45) is 0 Å². The van der Waals surface area contributed by atoms with Crippen LogP contribution in [0, 0.1) is 6.92 Å². The normalized spacial score (nSPS) is 10.4. The molecule has 3 N–H and O–H groups in total. The van der Waals surface area contributed by atoms with Crippen molar-refractivity contribution in [3.05, 3.63) is 56.5 Å². The zero-order chi connectivity index (χ0) is 14.9. The van der Waals surface area contributed by atoms with Crippen molar-refractivity contribution in [2.75, 3.05) is 11.1 Å². The Labute approximate surface area is 131 Å². The molecule has 20 heavy (non-hydrogen) atoms. The number of nitrogen functional groups attached to an aromatic ring is 1. The minimum Gasteiger partial charge on any atom is -0.398 e. The van der Waals surface area contributed by atoms with Crippen LogP contribution in [0.5, 0.6) is 0 Å². The highest BCUT2D eigenvalue weighted by Crippen LogP contribution is 2.33. The highest BCUT2D eigenvalue weighted by atomic mass is 35.5. The summed E-state index contributed by atoms with van der Waals surface area (Å²) in [6.45, 7) is 1.83. The van der Waals surface area contributed by atoms with E-state index in [9.17, 15) is 4.79 Å². The van der Waals surface area contributed by atoms with Crippen LogP contribution in [0.25, 0.3) is 0 Å². The predicted octanol–water partition coefficient (Wildman–Crippen LogP) is 4.79. The molecule has 104 valence electrons. The van der Waals surface area contributed by atoms with Crippen LogP contribution in [0.1, 0.15) is 15.9 Å². The molecule has 2 rings (SSSR count). The van der Waals surface area contributed by atoms with Crippen molar-refractivity contribution in [3.8, 4) is 0 Å². The molecule has 0 spiro atoms. The minimum atomic E-state index is -0.359. The molecule has 0 unspecified atom stereocenters. The van der Waals surface area contributed by atoms with Crippen LogP contribution in [0.3, 0.4) is 0 Å². The molecule has 0 aliphatic heterocycles. The number of hydrogen-bond acceptors (Lipinski definition) is 2. The quantitative estimate of drug-likeness (QED) is 0.778. The maximum absolute atomic E-state index is 12.2. The van der Waals surface area contributed by atoms with E-state index in [1.165, 1.54) is 6.07 Å². The van der Waals surface area contributed by atoms with Crippen molar-refractivity contribution < 1.29 is 4.79 Å². The van der Waals surface area contributed by atoms with Crippen molar-refractivity contribution in [1.82, 2.24) is 0 Å². The van der Waals surface area contributed by atoms with E-state index in [1.807, 2.05) is 6.92 Å². The maximum Gasteiger partial charge on any atom is 0.255 e. The molecule has 0 aromatic heterocycles. The van der Waals surface area contributed by atoms with Gasteiger partial charge in [0.2, 0.25) is 0 Å².